The number of carbonyl (C=O) groups excluding carboxylic acids is 4. The highest BCUT2D eigenvalue weighted by Crippen LogP contribution is 2.33. The van der Waals surface area contributed by atoms with Gasteiger partial charge in [-0.1, -0.05) is 36.7 Å². The lowest BCUT2D eigenvalue weighted by atomic mass is 10.2. The Morgan fingerprint density at radius 2 is 1.80 bits per heavy atom. The van der Waals surface area contributed by atoms with Crippen molar-refractivity contribution >= 4 is 74.0 Å². The summed E-state index contributed by atoms with van der Waals surface area (Å²) in [6, 6.07) is 13.1. The molecule has 3 amide bonds. The Hall–Kier alpha value is -4.73. The molecule has 13 nitrogen and oxygen atoms in total. The third kappa shape index (κ3) is 8.06. The Bertz CT molecular complexity index is 1840. The van der Waals surface area contributed by atoms with Crippen LogP contribution in [0.2, 0.25) is 5.02 Å². The third-order valence-electron chi connectivity index (χ3n) is 6.13. The Morgan fingerprint density at radius 1 is 1.09 bits per heavy atom. The molecule has 0 aromatic heterocycles. The Labute approximate surface area is 266 Å². The molecule has 0 aliphatic carbocycles. The lowest BCUT2D eigenvalue weighted by molar-refractivity contribution is -0.385. The molecule has 4 rings (SSSR count). The zero-order chi connectivity index (χ0) is 32.9. The van der Waals surface area contributed by atoms with Crippen molar-refractivity contribution in [1.82, 2.24) is 4.90 Å². The summed E-state index contributed by atoms with van der Waals surface area (Å²) >= 11 is 6.69. The van der Waals surface area contributed by atoms with E-state index in [9.17, 15) is 37.7 Å². The number of nitrogens with zero attached hydrogens (tertiary/aromatic N) is 2. The summed E-state index contributed by atoms with van der Waals surface area (Å²) in [5.74, 6) is -2.17. The number of imide groups is 1. The van der Waals surface area contributed by atoms with Crippen molar-refractivity contribution in [3.05, 3.63) is 97.4 Å². The minimum Gasteiger partial charge on any atom is -0.462 e. The largest absolute Gasteiger partial charge is 0.462 e. The Balaban J connectivity index is 1.40. The van der Waals surface area contributed by atoms with Crippen molar-refractivity contribution in [2.75, 3.05) is 18.5 Å². The van der Waals surface area contributed by atoms with Crippen molar-refractivity contribution in [3.8, 4) is 5.75 Å². The van der Waals surface area contributed by atoms with Crippen LogP contribution in [-0.2, 0) is 24.4 Å². The van der Waals surface area contributed by atoms with E-state index in [1.165, 1.54) is 67.6 Å². The number of nitro benzene ring substituents is 1. The summed E-state index contributed by atoms with van der Waals surface area (Å²) in [5, 5.41) is 13.1. The molecule has 0 bridgehead atoms. The number of thioether (sulfide) groups is 1. The fourth-order valence-electron chi connectivity index (χ4n) is 3.90. The molecule has 1 fully saturated rings. The summed E-state index contributed by atoms with van der Waals surface area (Å²) < 4.78 is 35.5. The van der Waals surface area contributed by atoms with Crippen LogP contribution >= 0.6 is 23.4 Å². The van der Waals surface area contributed by atoms with Gasteiger partial charge in [-0.25, -0.2) is 4.79 Å². The highest BCUT2D eigenvalue weighted by atomic mass is 35.5. The van der Waals surface area contributed by atoms with Crippen molar-refractivity contribution in [2.45, 2.75) is 25.2 Å². The van der Waals surface area contributed by atoms with E-state index >= 15 is 0 Å². The summed E-state index contributed by atoms with van der Waals surface area (Å²) in [6.45, 7) is 2.91. The smallest absolute Gasteiger partial charge is 0.339 e. The van der Waals surface area contributed by atoms with Gasteiger partial charge in [-0.15, -0.1) is 0 Å². The van der Waals surface area contributed by atoms with Crippen LogP contribution in [0.4, 0.5) is 16.2 Å². The lowest BCUT2D eigenvalue weighted by Gasteiger charge is -2.13. The van der Waals surface area contributed by atoms with E-state index in [1.807, 2.05) is 6.92 Å². The minimum atomic E-state index is -4.39. The second kappa shape index (κ2) is 13.9. The molecule has 234 valence electrons. The monoisotopic (exact) mass is 673 g/mol. The average molecular weight is 674 g/mol. The molecule has 16 heteroatoms. The third-order valence-corrected chi connectivity index (χ3v) is 8.61. The van der Waals surface area contributed by atoms with Gasteiger partial charge in [-0.3, -0.25) is 29.4 Å². The number of anilines is 1. The summed E-state index contributed by atoms with van der Waals surface area (Å²) in [6.07, 6.45) is 2.00. The maximum absolute atomic E-state index is 12.9. The number of ether oxygens (including phenoxy) is 1. The molecule has 0 radical (unpaired) electrons. The Morgan fingerprint density at radius 3 is 2.47 bits per heavy atom. The SMILES string of the molecule is CCCOC(=O)c1cc(NC(=O)CN2C(=O)S/C(=C\c3ccc(OS(=O)(=O)c4ccc(C)c([N+](=O)[O-])c4)cc3)C2=O)ccc1Cl. The van der Waals surface area contributed by atoms with Crippen LogP contribution in [0.25, 0.3) is 6.08 Å². The van der Waals surface area contributed by atoms with Gasteiger partial charge in [0.1, 0.15) is 17.2 Å². The van der Waals surface area contributed by atoms with E-state index in [1.54, 1.807) is 0 Å². The fourth-order valence-corrected chi connectivity index (χ4v) is 5.88. The van der Waals surface area contributed by atoms with Crippen LogP contribution in [-0.4, -0.2) is 54.4 Å². The van der Waals surface area contributed by atoms with Crippen molar-refractivity contribution in [2.24, 2.45) is 0 Å². The molecular formula is C29H24ClN3O10S2. The van der Waals surface area contributed by atoms with Gasteiger partial charge in [0.05, 0.1) is 27.0 Å². The van der Waals surface area contributed by atoms with Crippen LogP contribution in [0, 0.1) is 17.0 Å². The van der Waals surface area contributed by atoms with Gasteiger partial charge in [-0.05, 0) is 73.1 Å². The van der Waals surface area contributed by atoms with E-state index < -0.39 is 49.5 Å². The van der Waals surface area contributed by atoms with Gasteiger partial charge in [0.25, 0.3) is 16.8 Å². The number of amides is 3. The summed E-state index contributed by atoms with van der Waals surface area (Å²) in [4.78, 5) is 61.2. The maximum atomic E-state index is 12.9. The number of nitro groups is 1. The molecule has 3 aromatic carbocycles. The first kappa shape index (κ1) is 33.2. The van der Waals surface area contributed by atoms with Crippen molar-refractivity contribution in [3.63, 3.8) is 0 Å². The van der Waals surface area contributed by atoms with Crippen molar-refractivity contribution in [1.29, 1.82) is 0 Å². The second-order valence-electron chi connectivity index (χ2n) is 9.46. The average Bonchev–Trinajstić information content (AvgIpc) is 3.24. The number of hydrogen-bond donors (Lipinski definition) is 1. The minimum absolute atomic E-state index is 0.0218. The zero-order valence-electron chi connectivity index (χ0n) is 23.6. The normalized spacial score (nSPS) is 14.0. The molecule has 0 atom stereocenters. The first-order valence-electron chi connectivity index (χ1n) is 13.1. The molecule has 45 heavy (non-hydrogen) atoms. The first-order chi connectivity index (χ1) is 21.3. The molecule has 1 saturated heterocycles. The molecule has 3 aromatic rings. The number of rotatable bonds is 11. The molecule has 1 aliphatic rings. The predicted molar refractivity (Wildman–Crippen MR) is 165 cm³/mol. The number of benzene rings is 3. The summed E-state index contributed by atoms with van der Waals surface area (Å²) in [5.41, 5.74) is 0.592. The van der Waals surface area contributed by atoms with Crippen LogP contribution < -0.4 is 9.50 Å². The van der Waals surface area contributed by atoms with Gasteiger partial charge in [0.15, 0.2) is 0 Å². The molecule has 0 spiro atoms. The molecule has 0 saturated carbocycles. The van der Waals surface area contributed by atoms with E-state index in [0.717, 1.165) is 11.0 Å². The van der Waals surface area contributed by atoms with Crippen molar-refractivity contribution < 1.29 is 41.4 Å². The zero-order valence-corrected chi connectivity index (χ0v) is 26.0. The predicted octanol–water partition coefficient (Wildman–Crippen LogP) is 5.57. The number of aryl methyl sites for hydroxylation is 1. The van der Waals surface area contributed by atoms with Gasteiger partial charge < -0.3 is 14.2 Å². The molecule has 1 heterocycles. The van der Waals surface area contributed by atoms with Gasteiger partial charge in [0.2, 0.25) is 5.91 Å². The highest BCUT2D eigenvalue weighted by Gasteiger charge is 2.36. The van der Waals surface area contributed by atoms with E-state index in [-0.39, 0.29) is 44.8 Å². The van der Waals surface area contributed by atoms with Crippen LogP contribution in [0.3, 0.4) is 0 Å². The Kier molecular flexibility index (Phi) is 10.3. The number of nitrogens with one attached hydrogen (secondary N) is 1. The van der Waals surface area contributed by atoms with Crippen LogP contribution in [0.5, 0.6) is 5.75 Å². The highest BCUT2D eigenvalue weighted by molar-refractivity contribution is 8.18. The maximum Gasteiger partial charge on any atom is 0.339 e. The molecule has 0 unspecified atom stereocenters. The van der Waals surface area contributed by atoms with Crippen LogP contribution in [0.1, 0.15) is 34.8 Å². The first-order valence-corrected chi connectivity index (χ1v) is 15.7. The van der Waals surface area contributed by atoms with Gasteiger partial charge in [0, 0.05) is 17.3 Å². The lowest BCUT2D eigenvalue weighted by Crippen LogP contribution is -2.36. The van der Waals surface area contributed by atoms with E-state index in [4.69, 9.17) is 20.5 Å². The van der Waals surface area contributed by atoms with Crippen LogP contribution in [0.15, 0.2) is 70.5 Å². The molecule has 1 N–H and O–H groups in total. The fraction of sp³-hybridized carbons (Fsp3) is 0.172. The van der Waals surface area contributed by atoms with Gasteiger partial charge in [-0.2, -0.15) is 8.42 Å². The quantitative estimate of drug-likeness (QED) is 0.0884. The summed E-state index contributed by atoms with van der Waals surface area (Å²) in [7, 11) is -4.39. The molecule has 1 aliphatic heterocycles. The number of halogens is 1. The topological polar surface area (TPSA) is 179 Å². The van der Waals surface area contributed by atoms with E-state index in [2.05, 4.69) is 5.32 Å². The van der Waals surface area contributed by atoms with Gasteiger partial charge >= 0.3 is 16.1 Å². The number of carbonyl (C=O) groups is 4. The number of esters is 1. The van der Waals surface area contributed by atoms with E-state index in [0.29, 0.717) is 23.7 Å². The number of hydrogen-bond acceptors (Lipinski definition) is 11. The molecular weight excluding hydrogens is 650 g/mol. The standard InChI is InChI=1S/C29H24ClN3O10S2/c1-3-12-42-28(36)22-14-19(7-11-23(22)30)31-26(34)16-32-27(35)25(44-29(32)37)13-18-5-8-20(9-6-18)43-45(40,41)21-10-4-17(2)24(15-21)33(38)39/h4-11,13-15H,3,12,16H2,1-2H3,(H,31,34)/b25-13-. The second-order valence-corrected chi connectivity index (χ2v) is 12.4.